The molecule has 0 amide bonds. The monoisotopic (exact) mass is 238 g/mol. The molecule has 94 valence electrons. The second-order valence-corrected chi connectivity index (χ2v) is 6.13. The molecule has 0 aliphatic heterocycles. The predicted molar refractivity (Wildman–Crippen MR) is 60.4 cm³/mol. The van der Waals surface area contributed by atoms with Crippen LogP contribution >= 0.6 is 0 Å². The minimum Gasteiger partial charge on any atom is -0.481 e. The number of hydrogen-bond donors (Lipinski definition) is 1. The zero-order valence-corrected chi connectivity index (χ0v) is 10.6. The number of carboxylic acids is 1. The number of tetrazole rings is 1. The van der Waals surface area contributed by atoms with Crippen LogP contribution in [0.5, 0.6) is 0 Å². The molecule has 0 saturated heterocycles. The second kappa shape index (κ2) is 3.51. The van der Waals surface area contributed by atoms with Crippen molar-refractivity contribution in [3.05, 3.63) is 5.82 Å². The van der Waals surface area contributed by atoms with Crippen LogP contribution in [0.15, 0.2) is 0 Å². The molecule has 1 aliphatic carbocycles. The van der Waals surface area contributed by atoms with Crippen LogP contribution in [0.25, 0.3) is 0 Å². The molecule has 1 heterocycles. The molecule has 1 aliphatic rings. The van der Waals surface area contributed by atoms with Crippen molar-refractivity contribution in [1.29, 1.82) is 0 Å². The summed E-state index contributed by atoms with van der Waals surface area (Å²) < 4.78 is 1.63. The van der Waals surface area contributed by atoms with Gasteiger partial charge in [0.15, 0.2) is 5.82 Å². The topological polar surface area (TPSA) is 80.9 Å². The predicted octanol–water partition coefficient (Wildman–Crippen LogP) is 1.30. The summed E-state index contributed by atoms with van der Waals surface area (Å²) in [7, 11) is 0. The standard InChI is InChI=1S/C11H18N4O2/c1-10(2)5-7(10)8-12-13-14-15(8)6-11(3,4)9(16)17/h7H,5-6H2,1-4H3,(H,16,17). The number of nitrogens with zero attached hydrogens (tertiary/aromatic N) is 4. The Balaban J connectivity index is 2.19. The van der Waals surface area contributed by atoms with Gasteiger partial charge in [0.2, 0.25) is 0 Å². The van der Waals surface area contributed by atoms with Gasteiger partial charge in [0.1, 0.15) is 0 Å². The van der Waals surface area contributed by atoms with E-state index in [0.29, 0.717) is 12.5 Å². The van der Waals surface area contributed by atoms with E-state index in [9.17, 15) is 4.79 Å². The Morgan fingerprint density at radius 2 is 2.18 bits per heavy atom. The van der Waals surface area contributed by atoms with Crippen LogP contribution in [0, 0.1) is 10.8 Å². The lowest BCUT2D eigenvalue weighted by molar-refractivity contribution is -0.147. The van der Waals surface area contributed by atoms with Crippen molar-refractivity contribution in [3.8, 4) is 0 Å². The highest BCUT2D eigenvalue weighted by atomic mass is 16.4. The highest BCUT2D eigenvalue weighted by Gasteiger charge is 2.50. The lowest BCUT2D eigenvalue weighted by Crippen LogP contribution is -2.30. The van der Waals surface area contributed by atoms with Gasteiger partial charge in [-0.3, -0.25) is 4.79 Å². The maximum Gasteiger partial charge on any atom is 0.310 e. The van der Waals surface area contributed by atoms with E-state index in [0.717, 1.165) is 12.2 Å². The minimum atomic E-state index is -0.858. The molecule has 17 heavy (non-hydrogen) atoms. The van der Waals surface area contributed by atoms with Crippen molar-refractivity contribution in [2.24, 2.45) is 10.8 Å². The maximum atomic E-state index is 11.1. The second-order valence-electron chi connectivity index (χ2n) is 6.13. The molecule has 0 bridgehead atoms. The number of carboxylic acid groups (broad SMARTS) is 1. The number of carbonyl (C=O) groups is 1. The van der Waals surface area contributed by atoms with E-state index in [-0.39, 0.29) is 5.41 Å². The van der Waals surface area contributed by atoms with Crippen LogP contribution in [0.1, 0.15) is 45.9 Å². The van der Waals surface area contributed by atoms with E-state index in [4.69, 9.17) is 5.11 Å². The summed E-state index contributed by atoms with van der Waals surface area (Å²) in [5.74, 6) is 0.320. The van der Waals surface area contributed by atoms with Gasteiger partial charge >= 0.3 is 5.97 Å². The van der Waals surface area contributed by atoms with Gasteiger partial charge in [0, 0.05) is 5.92 Å². The summed E-state index contributed by atoms with van der Waals surface area (Å²) >= 11 is 0. The first-order valence-electron chi connectivity index (χ1n) is 5.73. The van der Waals surface area contributed by atoms with Crippen molar-refractivity contribution in [3.63, 3.8) is 0 Å². The Morgan fingerprint density at radius 3 is 2.65 bits per heavy atom. The van der Waals surface area contributed by atoms with Crippen molar-refractivity contribution in [2.45, 2.75) is 46.6 Å². The molecular weight excluding hydrogens is 220 g/mol. The number of hydrogen-bond acceptors (Lipinski definition) is 4. The molecule has 1 N–H and O–H groups in total. The highest BCUT2D eigenvalue weighted by molar-refractivity contribution is 5.73. The lowest BCUT2D eigenvalue weighted by atomic mass is 9.94. The van der Waals surface area contributed by atoms with Crippen LogP contribution < -0.4 is 0 Å². The number of rotatable bonds is 4. The van der Waals surface area contributed by atoms with Gasteiger partial charge < -0.3 is 5.11 Å². The summed E-state index contributed by atoms with van der Waals surface area (Å²) in [5.41, 5.74) is -0.622. The van der Waals surface area contributed by atoms with Crippen molar-refractivity contribution < 1.29 is 9.90 Å². The fourth-order valence-electron chi connectivity index (χ4n) is 1.92. The van der Waals surface area contributed by atoms with Gasteiger partial charge in [-0.1, -0.05) is 13.8 Å². The van der Waals surface area contributed by atoms with Gasteiger partial charge in [-0.25, -0.2) is 4.68 Å². The van der Waals surface area contributed by atoms with E-state index >= 15 is 0 Å². The third kappa shape index (κ3) is 2.16. The molecular formula is C11H18N4O2. The SMILES string of the molecule is CC(C)(Cn1nnnc1C1CC1(C)C)C(=O)O. The Kier molecular flexibility index (Phi) is 2.48. The van der Waals surface area contributed by atoms with Gasteiger partial charge in [-0.05, 0) is 36.1 Å². The minimum absolute atomic E-state index is 0.236. The van der Waals surface area contributed by atoms with Crippen LogP contribution in [0.3, 0.4) is 0 Å². The van der Waals surface area contributed by atoms with Crippen LogP contribution in [-0.4, -0.2) is 31.3 Å². The van der Waals surface area contributed by atoms with E-state index < -0.39 is 11.4 Å². The molecule has 1 atom stereocenters. The van der Waals surface area contributed by atoms with E-state index in [2.05, 4.69) is 29.4 Å². The fourth-order valence-corrected chi connectivity index (χ4v) is 1.92. The molecule has 1 aromatic heterocycles. The third-order valence-electron chi connectivity index (χ3n) is 3.51. The summed E-state index contributed by atoms with van der Waals surface area (Å²) in [6.45, 7) is 7.99. The van der Waals surface area contributed by atoms with Gasteiger partial charge in [-0.2, -0.15) is 0 Å². The maximum absolute atomic E-state index is 11.1. The first-order valence-corrected chi connectivity index (χ1v) is 5.73. The first-order chi connectivity index (χ1) is 7.74. The van der Waals surface area contributed by atoms with Gasteiger partial charge in [0.25, 0.3) is 0 Å². The van der Waals surface area contributed by atoms with E-state index in [1.165, 1.54) is 0 Å². The third-order valence-corrected chi connectivity index (χ3v) is 3.51. The van der Waals surface area contributed by atoms with Gasteiger partial charge in [-0.15, -0.1) is 5.10 Å². The Hall–Kier alpha value is -1.46. The molecule has 1 saturated carbocycles. The molecule has 0 aromatic carbocycles. The van der Waals surface area contributed by atoms with Crippen LogP contribution in [-0.2, 0) is 11.3 Å². The first kappa shape index (κ1) is 12.0. The van der Waals surface area contributed by atoms with E-state index in [1.54, 1.807) is 18.5 Å². The average Bonchev–Trinajstić information content (AvgIpc) is 2.61. The number of aliphatic carboxylic acids is 1. The molecule has 0 radical (unpaired) electrons. The number of aromatic nitrogens is 4. The van der Waals surface area contributed by atoms with Crippen LogP contribution in [0.4, 0.5) is 0 Å². The van der Waals surface area contributed by atoms with Crippen LogP contribution in [0.2, 0.25) is 0 Å². The average molecular weight is 238 g/mol. The molecule has 1 aromatic rings. The van der Waals surface area contributed by atoms with Crippen molar-refractivity contribution in [1.82, 2.24) is 20.2 Å². The Labute approximate surface area is 100 Å². The van der Waals surface area contributed by atoms with Crippen molar-refractivity contribution >= 4 is 5.97 Å². The summed E-state index contributed by atoms with van der Waals surface area (Å²) in [6, 6.07) is 0. The molecule has 2 rings (SSSR count). The molecule has 0 spiro atoms. The van der Waals surface area contributed by atoms with Crippen molar-refractivity contribution in [2.75, 3.05) is 0 Å². The Morgan fingerprint density at radius 1 is 1.59 bits per heavy atom. The summed E-state index contributed by atoms with van der Waals surface area (Å²) in [4.78, 5) is 11.1. The fraction of sp³-hybridized carbons (Fsp3) is 0.818. The zero-order valence-electron chi connectivity index (χ0n) is 10.6. The smallest absolute Gasteiger partial charge is 0.310 e. The largest absolute Gasteiger partial charge is 0.481 e. The molecule has 1 fully saturated rings. The molecule has 6 nitrogen and oxygen atoms in total. The Bertz CT molecular complexity index is 450. The summed E-state index contributed by atoms with van der Waals surface area (Å²) in [5, 5.41) is 20.7. The lowest BCUT2D eigenvalue weighted by Gasteiger charge is -2.19. The highest BCUT2D eigenvalue weighted by Crippen LogP contribution is 2.57. The molecule has 6 heteroatoms. The molecule has 1 unspecified atom stereocenters. The normalized spacial score (nSPS) is 22.5. The van der Waals surface area contributed by atoms with Gasteiger partial charge in [0.05, 0.1) is 12.0 Å². The quantitative estimate of drug-likeness (QED) is 0.855. The van der Waals surface area contributed by atoms with E-state index in [1.807, 2.05) is 0 Å². The summed E-state index contributed by atoms with van der Waals surface area (Å²) in [6.07, 6.45) is 1.06. The zero-order chi connectivity index (χ0) is 12.8.